The highest BCUT2D eigenvalue weighted by atomic mass is 15.2. The van der Waals surface area contributed by atoms with E-state index in [4.69, 9.17) is 4.98 Å². The molecule has 1 aliphatic rings. The zero-order chi connectivity index (χ0) is 15.2. The molecule has 1 aromatic heterocycles. The van der Waals surface area contributed by atoms with Crippen molar-refractivity contribution in [3.05, 3.63) is 54.0 Å². The summed E-state index contributed by atoms with van der Waals surface area (Å²) in [5.41, 5.74) is 1.26. The van der Waals surface area contributed by atoms with Gasteiger partial charge in [0.15, 0.2) is 0 Å². The minimum absolute atomic E-state index is 0.795. The van der Waals surface area contributed by atoms with Gasteiger partial charge in [0.2, 0.25) is 0 Å². The van der Waals surface area contributed by atoms with Gasteiger partial charge in [-0.2, -0.15) is 0 Å². The lowest BCUT2D eigenvalue weighted by Crippen LogP contribution is -2.31. The molecule has 1 aromatic carbocycles. The van der Waals surface area contributed by atoms with Crippen molar-refractivity contribution in [1.82, 2.24) is 14.9 Å². The second-order valence-corrected chi connectivity index (χ2v) is 5.77. The van der Waals surface area contributed by atoms with Gasteiger partial charge >= 0.3 is 0 Å². The molecule has 0 bridgehead atoms. The van der Waals surface area contributed by atoms with Crippen LogP contribution in [0.2, 0.25) is 0 Å². The summed E-state index contributed by atoms with van der Waals surface area (Å²) >= 11 is 0. The number of benzene rings is 1. The highest BCUT2D eigenvalue weighted by molar-refractivity contribution is 5.38. The molecule has 0 amide bonds. The molecule has 116 valence electrons. The Hall–Kier alpha value is -1.94. The fourth-order valence-corrected chi connectivity index (χ4v) is 2.94. The predicted molar refractivity (Wildman–Crippen MR) is 90.2 cm³/mol. The number of anilines is 1. The molecule has 0 saturated carbocycles. The molecule has 0 spiro atoms. The summed E-state index contributed by atoms with van der Waals surface area (Å²) in [5, 5.41) is 0. The first kappa shape index (κ1) is 15.0. The van der Waals surface area contributed by atoms with Crippen molar-refractivity contribution < 1.29 is 0 Å². The Balaban J connectivity index is 1.71. The van der Waals surface area contributed by atoms with Gasteiger partial charge in [0.05, 0.1) is 0 Å². The third-order valence-corrected chi connectivity index (χ3v) is 4.26. The molecule has 0 atom stereocenters. The van der Waals surface area contributed by atoms with Gasteiger partial charge in [0, 0.05) is 32.3 Å². The van der Waals surface area contributed by atoms with E-state index in [-0.39, 0.29) is 0 Å². The van der Waals surface area contributed by atoms with E-state index >= 15 is 0 Å². The first-order chi connectivity index (χ1) is 10.8. The number of hydrogen-bond donors (Lipinski definition) is 0. The average molecular weight is 296 g/mol. The maximum Gasteiger partial charge on any atom is 0.135 e. The fraction of sp³-hybridized carbons (Fsp3) is 0.444. The molecule has 1 fully saturated rings. The molecule has 0 unspecified atom stereocenters. The van der Waals surface area contributed by atoms with Crippen LogP contribution in [-0.4, -0.2) is 47.6 Å². The Morgan fingerprint density at radius 2 is 1.86 bits per heavy atom. The van der Waals surface area contributed by atoms with Crippen LogP contribution in [0.4, 0.5) is 5.82 Å². The minimum Gasteiger partial charge on any atom is -0.355 e. The topological polar surface area (TPSA) is 32.3 Å². The second kappa shape index (κ2) is 7.36. The Morgan fingerprint density at radius 3 is 2.68 bits per heavy atom. The van der Waals surface area contributed by atoms with Gasteiger partial charge in [-0.1, -0.05) is 37.3 Å². The zero-order valence-corrected chi connectivity index (χ0v) is 13.3. The van der Waals surface area contributed by atoms with Crippen LogP contribution in [0.5, 0.6) is 0 Å². The van der Waals surface area contributed by atoms with E-state index in [0.717, 1.165) is 44.2 Å². The van der Waals surface area contributed by atoms with E-state index in [1.165, 1.54) is 18.5 Å². The standard InChI is InChI=1S/C18H24N4/c1-2-21-11-6-12-22(14-13-21)18-9-10-19-17(20-18)15-16-7-4-3-5-8-16/h3-5,7-10H,2,6,11-15H2,1H3. The summed E-state index contributed by atoms with van der Waals surface area (Å²) in [6.45, 7) is 7.81. The van der Waals surface area contributed by atoms with E-state index in [2.05, 4.69) is 46.0 Å². The average Bonchev–Trinajstić information content (AvgIpc) is 2.81. The van der Waals surface area contributed by atoms with Gasteiger partial charge in [0.25, 0.3) is 0 Å². The van der Waals surface area contributed by atoms with Crippen LogP contribution in [-0.2, 0) is 6.42 Å². The summed E-state index contributed by atoms with van der Waals surface area (Å²) in [7, 11) is 0. The molecule has 0 N–H and O–H groups in total. The maximum atomic E-state index is 4.78. The molecule has 0 radical (unpaired) electrons. The number of likely N-dealkylation sites (N-methyl/N-ethyl adjacent to an activating group) is 1. The highest BCUT2D eigenvalue weighted by Gasteiger charge is 2.15. The second-order valence-electron chi connectivity index (χ2n) is 5.77. The van der Waals surface area contributed by atoms with E-state index in [9.17, 15) is 0 Å². The number of hydrogen-bond acceptors (Lipinski definition) is 4. The smallest absolute Gasteiger partial charge is 0.135 e. The van der Waals surface area contributed by atoms with Crippen LogP contribution in [0, 0.1) is 0 Å². The summed E-state index contributed by atoms with van der Waals surface area (Å²) in [5.74, 6) is 1.97. The third kappa shape index (κ3) is 3.83. The predicted octanol–water partition coefficient (Wildman–Crippen LogP) is 2.60. The third-order valence-electron chi connectivity index (χ3n) is 4.26. The molecule has 4 nitrogen and oxygen atoms in total. The molecular weight excluding hydrogens is 272 g/mol. The monoisotopic (exact) mass is 296 g/mol. The van der Waals surface area contributed by atoms with Crippen molar-refractivity contribution in [3.63, 3.8) is 0 Å². The normalized spacial score (nSPS) is 16.5. The summed E-state index contributed by atoms with van der Waals surface area (Å²) in [4.78, 5) is 14.1. The van der Waals surface area contributed by atoms with E-state index in [1.54, 1.807) is 0 Å². The van der Waals surface area contributed by atoms with Crippen LogP contribution in [0.1, 0.15) is 24.7 Å². The van der Waals surface area contributed by atoms with Crippen molar-refractivity contribution >= 4 is 5.82 Å². The Morgan fingerprint density at radius 1 is 1.00 bits per heavy atom. The molecule has 3 rings (SSSR count). The molecular formula is C18H24N4. The van der Waals surface area contributed by atoms with Crippen molar-refractivity contribution in [2.75, 3.05) is 37.6 Å². The van der Waals surface area contributed by atoms with Gasteiger partial charge in [0.1, 0.15) is 11.6 Å². The molecule has 2 aromatic rings. The lowest BCUT2D eigenvalue weighted by Gasteiger charge is -2.22. The summed E-state index contributed by atoms with van der Waals surface area (Å²) < 4.78 is 0. The van der Waals surface area contributed by atoms with Gasteiger partial charge in [-0.15, -0.1) is 0 Å². The van der Waals surface area contributed by atoms with Gasteiger partial charge in [-0.25, -0.2) is 9.97 Å². The summed E-state index contributed by atoms with van der Waals surface area (Å²) in [6.07, 6.45) is 3.89. The molecule has 22 heavy (non-hydrogen) atoms. The van der Waals surface area contributed by atoms with Gasteiger partial charge in [-0.3, -0.25) is 0 Å². The quantitative estimate of drug-likeness (QED) is 0.868. The van der Waals surface area contributed by atoms with Crippen molar-refractivity contribution in [2.24, 2.45) is 0 Å². The SMILES string of the molecule is CCN1CCCN(c2ccnc(Cc3ccccc3)n2)CC1. The first-order valence-electron chi connectivity index (χ1n) is 8.18. The van der Waals surface area contributed by atoms with Crippen molar-refractivity contribution in [3.8, 4) is 0 Å². The Kier molecular flexibility index (Phi) is 5.01. The highest BCUT2D eigenvalue weighted by Crippen LogP contribution is 2.15. The molecule has 2 heterocycles. The first-order valence-corrected chi connectivity index (χ1v) is 8.18. The van der Waals surface area contributed by atoms with E-state index in [0.29, 0.717) is 0 Å². The van der Waals surface area contributed by atoms with Gasteiger partial charge < -0.3 is 9.80 Å². The van der Waals surface area contributed by atoms with Crippen LogP contribution in [0.25, 0.3) is 0 Å². The van der Waals surface area contributed by atoms with Gasteiger partial charge in [-0.05, 0) is 31.1 Å². The lowest BCUT2D eigenvalue weighted by molar-refractivity contribution is 0.310. The molecule has 0 aliphatic carbocycles. The largest absolute Gasteiger partial charge is 0.355 e. The fourth-order valence-electron chi connectivity index (χ4n) is 2.94. The van der Waals surface area contributed by atoms with Crippen LogP contribution < -0.4 is 4.90 Å². The van der Waals surface area contributed by atoms with Crippen molar-refractivity contribution in [1.29, 1.82) is 0 Å². The Bertz CT molecular complexity index is 585. The number of aromatic nitrogens is 2. The van der Waals surface area contributed by atoms with Crippen molar-refractivity contribution in [2.45, 2.75) is 19.8 Å². The van der Waals surface area contributed by atoms with E-state index in [1.807, 2.05) is 18.3 Å². The maximum absolute atomic E-state index is 4.78. The molecule has 4 heteroatoms. The van der Waals surface area contributed by atoms with Crippen LogP contribution in [0.15, 0.2) is 42.6 Å². The summed E-state index contributed by atoms with van der Waals surface area (Å²) in [6, 6.07) is 12.5. The minimum atomic E-state index is 0.795. The Labute approximate surface area is 132 Å². The van der Waals surface area contributed by atoms with Crippen LogP contribution in [0.3, 0.4) is 0 Å². The lowest BCUT2D eigenvalue weighted by atomic mass is 10.1. The number of rotatable bonds is 4. The molecule has 1 saturated heterocycles. The van der Waals surface area contributed by atoms with E-state index < -0.39 is 0 Å². The van der Waals surface area contributed by atoms with Crippen LogP contribution >= 0.6 is 0 Å². The zero-order valence-electron chi connectivity index (χ0n) is 13.3. The molecule has 1 aliphatic heterocycles. The number of nitrogens with zero attached hydrogens (tertiary/aromatic N) is 4.